The van der Waals surface area contributed by atoms with Crippen molar-refractivity contribution in [3.05, 3.63) is 36.0 Å². The number of rotatable bonds is 5. The summed E-state index contributed by atoms with van der Waals surface area (Å²) in [7, 11) is 0. The molecular weight excluding hydrogens is 254 g/mol. The van der Waals surface area contributed by atoms with Crippen LogP contribution in [0.4, 0.5) is 5.69 Å². The van der Waals surface area contributed by atoms with Crippen molar-refractivity contribution in [3.63, 3.8) is 0 Å². The Morgan fingerprint density at radius 2 is 2.10 bits per heavy atom. The van der Waals surface area contributed by atoms with E-state index in [0.717, 1.165) is 11.8 Å². The summed E-state index contributed by atoms with van der Waals surface area (Å²) in [6.07, 6.45) is 0.828. The van der Waals surface area contributed by atoms with Crippen molar-refractivity contribution >= 4 is 22.5 Å². The number of aromatic nitrogens is 1. The summed E-state index contributed by atoms with van der Waals surface area (Å²) < 4.78 is 0. The second-order valence-electron chi connectivity index (χ2n) is 4.63. The normalized spacial score (nSPS) is 10.7. The Kier molecular flexibility index (Phi) is 4.53. The molecule has 106 valence electrons. The lowest BCUT2D eigenvalue weighted by atomic mass is 10.1. The van der Waals surface area contributed by atoms with E-state index in [-0.39, 0.29) is 12.5 Å². The first-order chi connectivity index (χ1) is 9.67. The maximum absolute atomic E-state index is 12.4. The molecule has 0 aliphatic carbocycles. The van der Waals surface area contributed by atoms with E-state index >= 15 is 0 Å². The highest BCUT2D eigenvalue weighted by Gasteiger charge is 2.17. The molecule has 3 N–H and O–H groups in total. The van der Waals surface area contributed by atoms with Crippen LogP contribution in [0, 0.1) is 0 Å². The van der Waals surface area contributed by atoms with Crippen LogP contribution >= 0.6 is 0 Å². The fourth-order valence-corrected chi connectivity index (χ4v) is 2.18. The van der Waals surface area contributed by atoms with E-state index in [1.807, 2.05) is 31.2 Å². The number of para-hydroxylation sites is 1. The number of aliphatic hydroxyl groups excluding tert-OH is 1. The quantitative estimate of drug-likeness (QED) is 0.868. The average Bonchev–Trinajstić information content (AvgIpc) is 2.46. The molecule has 0 spiro atoms. The van der Waals surface area contributed by atoms with E-state index in [1.165, 1.54) is 0 Å². The minimum absolute atomic E-state index is 0.0607. The molecule has 2 rings (SSSR count). The number of anilines is 1. The van der Waals surface area contributed by atoms with Gasteiger partial charge in [0.15, 0.2) is 0 Å². The molecule has 0 saturated heterocycles. The number of hydrogen-bond donors (Lipinski definition) is 2. The first-order valence-electron chi connectivity index (χ1n) is 6.72. The van der Waals surface area contributed by atoms with Gasteiger partial charge in [0.25, 0.3) is 5.91 Å². The minimum atomic E-state index is -0.196. The van der Waals surface area contributed by atoms with Gasteiger partial charge >= 0.3 is 0 Å². The molecule has 5 heteroatoms. The van der Waals surface area contributed by atoms with Crippen molar-refractivity contribution in [2.24, 2.45) is 0 Å². The van der Waals surface area contributed by atoms with Gasteiger partial charge in [0, 0.05) is 24.2 Å². The van der Waals surface area contributed by atoms with E-state index in [9.17, 15) is 4.79 Å². The fourth-order valence-electron chi connectivity index (χ4n) is 2.18. The second-order valence-corrected chi connectivity index (χ2v) is 4.63. The molecule has 0 radical (unpaired) electrons. The molecule has 0 fully saturated rings. The van der Waals surface area contributed by atoms with Crippen molar-refractivity contribution in [3.8, 4) is 0 Å². The smallest absolute Gasteiger partial charge is 0.272 e. The third-order valence-corrected chi connectivity index (χ3v) is 3.12. The third kappa shape index (κ3) is 2.88. The third-order valence-electron chi connectivity index (χ3n) is 3.12. The van der Waals surface area contributed by atoms with Gasteiger partial charge in [0.05, 0.1) is 12.1 Å². The van der Waals surface area contributed by atoms with E-state index in [1.54, 1.807) is 11.0 Å². The van der Waals surface area contributed by atoms with Crippen molar-refractivity contribution in [2.45, 2.75) is 13.3 Å². The Bertz CT molecular complexity index is 607. The Morgan fingerprint density at radius 3 is 2.80 bits per heavy atom. The Labute approximate surface area is 118 Å². The van der Waals surface area contributed by atoms with E-state index in [4.69, 9.17) is 10.8 Å². The van der Waals surface area contributed by atoms with Gasteiger partial charge in [0.1, 0.15) is 5.69 Å². The molecule has 1 aromatic carbocycles. The Hall–Kier alpha value is -2.14. The van der Waals surface area contributed by atoms with Gasteiger partial charge in [-0.1, -0.05) is 25.1 Å². The van der Waals surface area contributed by atoms with Gasteiger partial charge in [-0.2, -0.15) is 0 Å². The van der Waals surface area contributed by atoms with Gasteiger partial charge in [-0.3, -0.25) is 4.79 Å². The van der Waals surface area contributed by atoms with Gasteiger partial charge in [0.2, 0.25) is 0 Å². The second kappa shape index (κ2) is 6.34. The molecule has 2 aromatic rings. The molecule has 0 unspecified atom stereocenters. The van der Waals surface area contributed by atoms with Crippen molar-refractivity contribution < 1.29 is 9.90 Å². The van der Waals surface area contributed by atoms with E-state index in [2.05, 4.69) is 4.98 Å². The molecule has 5 nitrogen and oxygen atoms in total. The predicted molar refractivity (Wildman–Crippen MR) is 79.4 cm³/mol. The van der Waals surface area contributed by atoms with Crippen LogP contribution in [0.3, 0.4) is 0 Å². The van der Waals surface area contributed by atoms with Crippen molar-refractivity contribution in [2.75, 3.05) is 25.4 Å². The summed E-state index contributed by atoms with van der Waals surface area (Å²) in [4.78, 5) is 18.4. The minimum Gasteiger partial charge on any atom is -0.398 e. The summed E-state index contributed by atoms with van der Waals surface area (Å²) in [6.45, 7) is 2.82. The molecule has 1 amide bonds. The van der Waals surface area contributed by atoms with Crippen LogP contribution in [0.2, 0.25) is 0 Å². The zero-order valence-electron chi connectivity index (χ0n) is 11.5. The number of nitrogens with two attached hydrogens (primary N) is 1. The molecular formula is C15H19N3O2. The maximum atomic E-state index is 12.4. The number of nitrogens with zero attached hydrogens (tertiary/aromatic N) is 2. The highest BCUT2D eigenvalue weighted by molar-refractivity contribution is 5.99. The van der Waals surface area contributed by atoms with Crippen LogP contribution in [0.5, 0.6) is 0 Å². The van der Waals surface area contributed by atoms with E-state index in [0.29, 0.717) is 30.0 Å². The van der Waals surface area contributed by atoms with Gasteiger partial charge in [-0.25, -0.2) is 4.98 Å². The Balaban J connectivity index is 2.38. The predicted octanol–water partition coefficient (Wildman–Crippen LogP) is 1.66. The fraction of sp³-hybridized carbons (Fsp3) is 0.333. The Morgan fingerprint density at radius 1 is 1.35 bits per heavy atom. The lowest BCUT2D eigenvalue weighted by Crippen LogP contribution is -2.34. The molecule has 0 aliphatic rings. The summed E-state index contributed by atoms with van der Waals surface area (Å²) in [6, 6.07) is 9.06. The lowest BCUT2D eigenvalue weighted by molar-refractivity contribution is 0.0716. The van der Waals surface area contributed by atoms with E-state index < -0.39 is 0 Å². The summed E-state index contributed by atoms with van der Waals surface area (Å²) in [5.41, 5.74) is 7.55. The number of carbonyl (C=O) groups is 1. The summed E-state index contributed by atoms with van der Waals surface area (Å²) >= 11 is 0. The van der Waals surface area contributed by atoms with Crippen LogP contribution < -0.4 is 5.73 Å². The maximum Gasteiger partial charge on any atom is 0.272 e. The van der Waals surface area contributed by atoms with Crippen LogP contribution in [-0.4, -0.2) is 40.6 Å². The first-order valence-corrected chi connectivity index (χ1v) is 6.72. The number of amides is 1. The zero-order valence-corrected chi connectivity index (χ0v) is 11.5. The van der Waals surface area contributed by atoms with Gasteiger partial charge in [-0.05, 0) is 18.6 Å². The number of fused-ring (bicyclic) bond motifs is 1. The zero-order chi connectivity index (χ0) is 14.5. The topological polar surface area (TPSA) is 79.5 Å². The van der Waals surface area contributed by atoms with Gasteiger partial charge < -0.3 is 15.7 Å². The molecule has 1 aromatic heterocycles. The van der Waals surface area contributed by atoms with Crippen molar-refractivity contribution in [1.29, 1.82) is 0 Å². The first kappa shape index (κ1) is 14.3. The largest absolute Gasteiger partial charge is 0.398 e. The molecule has 0 bridgehead atoms. The molecule has 20 heavy (non-hydrogen) atoms. The molecule has 0 saturated carbocycles. The summed E-state index contributed by atoms with van der Waals surface area (Å²) in [5.74, 6) is -0.196. The SMILES string of the molecule is CCCN(CCO)C(=O)c1cc(N)c2ccccc2n1. The van der Waals surface area contributed by atoms with Crippen molar-refractivity contribution in [1.82, 2.24) is 9.88 Å². The highest BCUT2D eigenvalue weighted by atomic mass is 16.3. The molecule has 0 atom stereocenters. The molecule has 1 heterocycles. The van der Waals surface area contributed by atoms with Crippen LogP contribution in [0.25, 0.3) is 10.9 Å². The van der Waals surface area contributed by atoms with Crippen LogP contribution in [0.1, 0.15) is 23.8 Å². The van der Waals surface area contributed by atoms with Crippen LogP contribution in [0.15, 0.2) is 30.3 Å². The standard InChI is InChI=1S/C15H19N3O2/c1-2-7-18(8-9-19)15(20)14-10-12(16)11-5-3-4-6-13(11)17-14/h3-6,10,19H,2,7-9H2,1H3,(H2,16,17). The van der Waals surface area contributed by atoms with Gasteiger partial charge in [-0.15, -0.1) is 0 Å². The van der Waals surface area contributed by atoms with Crippen LogP contribution in [-0.2, 0) is 0 Å². The number of nitrogen functional groups attached to an aromatic ring is 1. The lowest BCUT2D eigenvalue weighted by Gasteiger charge is -2.20. The number of hydrogen-bond acceptors (Lipinski definition) is 4. The number of carbonyl (C=O) groups excluding carboxylic acids is 1. The number of aliphatic hydroxyl groups is 1. The molecule has 0 aliphatic heterocycles. The monoisotopic (exact) mass is 273 g/mol. The highest BCUT2D eigenvalue weighted by Crippen LogP contribution is 2.20. The number of pyridine rings is 1. The summed E-state index contributed by atoms with van der Waals surface area (Å²) in [5, 5.41) is 9.89. The average molecular weight is 273 g/mol. The number of benzene rings is 1.